The zero-order chi connectivity index (χ0) is 8.81. The molecule has 0 amide bonds. The molecule has 1 rings (SSSR count). The molecule has 1 radical (unpaired) electrons. The highest BCUT2D eigenvalue weighted by molar-refractivity contribution is 5.59. The van der Waals surface area contributed by atoms with E-state index in [1.165, 1.54) is 0 Å². The zero-order valence-corrected chi connectivity index (χ0v) is 6.53. The topological polar surface area (TPSA) is 35.5 Å². The number of carbonyl (C=O) groups is 1. The molecule has 0 aromatic heterocycles. The second-order valence-corrected chi connectivity index (χ2v) is 2.17. The first-order valence-electron chi connectivity index (χ1n) is 3.45. The molecule has 0 atom stereocenters. The van der Waals surface area contributed by atoms with E-state index in [1.54, 1.807) is 0 Å². The van der Waals surface area contributed by atoms with Crippen LogP contribution in [0.5, 0.6) is 0 Å². The second-order valence-electron chi connectivity index (χ2n) is 2.17. The molecule has 0 N–H and O–H groups in total. The molecule has 0 bridgehead atoms. The van der Waals surface area contributed by atoms with Gasteiger partial charge in [-0.2, -0.15) is 0 Å². The van der Waals surface area contributed by atoms with E-state index in [0.717, 1.165) is 5.56 Å². The number of hydrogen-bond donors (Lipinski definition) is 0. The summed E-state index contributed by atoms with van der Waals surface area (Å²) in [6, 6.07) is 9.35. The molecule has 0 aliphatic rings. The molecule has 0 aliphatic heterocycles. The van der Waals surface area contributed by atoms with Gasteiger partial charge in [0.2, 0.25) is 0 Å². The van der Waals surface area contributed by atoms with E-state index < -0.39 is 6.16 Å². The van der Waals surface area contributed by atoms with Gasteiger partial charge >= 0.3 is 6.16 Å². The minimum atomic E-state index is -0.765. The summed E-state index contributed by atoms with van der Waals surface area (Å²) in [5.74, 6) is 0. The van der Waals surface area contributed by atoms with E-state index >= 15 is 0 Å². The van der Waals surface area contributed by atoms with Crippen molar-refractivity contribution in [1.29, 1.82) is 0 Å². The van der Waals surface area contributed by atoms with Crippen molar-refractivity contribution in [3.63, 3.8) is 0 Å². The summed E-state index contributed by atoms with van der Waals surface area (Å²) in [5, 5.41) is 0. The van der Waals surface area contributed by atoms with Gasteiger partial charge < -0.3 is 9.47 Å². The molecule has 3 nitrogen and oxygen atoms in total. The van der Waals surface area contributed by atoms with Crippen molar-refractivity contribution in [3.8, 4) is 0 Å². The van der Waals surface area contributed by atoms with Gasteiger partial charge in [0.15, 0.2) is 0 Å². The lowest BCUT2D eigenvalue weighted by atomic mass is 10.2. The largest absolute Gasteiger partial charge is 0.508 e. The summed E-state index contributed by atoms with van der Waals surface area (Å²) in [6.45, 7) is 0.217. The summed E-state index contributed by atoms with van der Waals surface area (Å²) in [4.78, 5) is 10.5. The summed E-state index contributed by atoms with van der Waals surface area (Å²) in [5.41, 5.74) is 0.919. The quantitative estimate of drug-likeness (QED) is 0.630. The van der Waals surface area contributed by atoms with Gasteiger partial charge in [-0.05, 0) is 5.56 Å². The Bertz CT molecular complexity index is 243. The Morgan fingerprint density at radius 3 is 2.58 bits per heavy atom. The van der Waals surface area contributed by atoms with Gasteiger partial charge in [0, 0.05) is 0 Å². The van der Waals surface area contributed by atoms with E-state index in [0.29, 0.717) is 0 Å². The van der Waals surface area contributed by atoms with Crippen LogP contribution in [-0.2, 0) is 16.1 Å². The lowest BCUT2D eigenvalue weighted by Gasteiger charge is -2.01. The normalized spacial score (nSPS) is 9.08. The Balaban J connectivity index is 2.38. The predicted octanol–water partition coefficient (Wildman–Crippen LogP) is 2.13. The Labute approximate surface area is 70.9 Å². The van der Waals surface area contributed by atoms with Crippen LogP contribution in [0.1, 0.15) is 5.56 Å². The Morgan fingerprint density at radius 1 is 1.33 bits per heavy atom. The predicted molar refractivity (Wildman–Crippen MR) is 43.1 cm³/mol. The van der Waals surface area contributed by atoms with Crippen LogP contribution in [0.4, 0.5) is 4.79 Å². The molecule has 63 valence electrons. The van der Waals surface area contributed by atoms with Crippen molar-refractivity contribution in [2.45, 2.75) is 6.61 Å². The molecule has 0 saturated carbocycles. The summed E-state index contributed by atoms with van der Waals surface area (Å²) in [6.07, 6.45) is -0.765. The van der Waals surface area contributed by atoms with Gasteiger partial charge in [0.25, 0.3) is 0 Å². The SMILES string of the molecule is [CH2]OC(=O)OCc1ccccc1. The van der Waals surface area contributed by atoms with E-state index in [2.05, 4.69) is 16.6 Å². The van der Waals surface area contributed by atoms with Crippen molar-refractivity contribution in [1.82, 2.24) is 0 Å². The number of carbonyl (C=O) groups excluding carboxylic acids is 1. The van der Waals surface area contributed by atoms with Crippen molar-refractivity contribution in [2.75, 3.05) is 0 Å². The first kappa shape index (κ1) is 8.59. The fraction of sp³-hybridized carbons (Fsp3) is 0.111. The lowest BCUT2D eigenvalue weighted by molar-refractivity contribution is 0.0769. The maximum Gasteiger partial charge on any atom is 0.508 e. The third kappa shape index (κ3) is 2.62. The second kappa shape index (κ2) is 4.38. The van der Waals surface area contributed by atoms with Crippen LogP contribution in [0.3, 0.4) is 0 Å². The fourth-order valence-corrected chi connectivity index (χ4v) is 0.758. The minimum Gasteiger partial charge on any atom is -0.431 e. The number of ether oxygens (including phenoxy) is 2. The third-order valence-corrected chi connectivity index (χ3v) is 1.32. The van der Waals surface area contributed by atoms with Gasteiger partial charge in [0.05, 0.1) is 0 Å². The smallest absolute Gasteiger partial charge is 0.431 e. The molecule has 0 unspecified atom stereocenters. The average molecular weight is 165 g/mol. The first-order chi connectivity index (χ1) is 5.83. The molecule has 0 aliphatic carbocycles. The van der Waals surface area contributed by atoms with Crippen LogP contribution in [-0.4, -0.2) is 6.16 Å². The van der Waals surface area contributed by atoms with Crippen LogP contribution in [0.2, 0.25) is 0 Å². The van der Waals surface area contributed by atoms with E-state index in [9.17, 15) is 4.79 Å². The van der Waals surface area contributed by atoms with Gasteiger partial charge in [-0.3, -0.25) is 0 Å². The van der Waals surface area contributed by atoms with Gasteiger partial charge in [-0.15, -0.1) is 0 Å². The molecule has 3 heteroatoms. The highest BCUT2D eigenvalue weighted by Gasteiger charge is 1.99. The molecular weight excluding hydrogens is 156 g/mol. The average Bonchev–Trinajstić information content (AvgIpc) is 2.16. The minimum absolute atomic E-state index is 0.217. The first-order valence-corrected chi connectivity index (χ1v) is 3.45. The van der Waals surface area contributed by atoms with E-state index in [4.69, 9.17) is 0 Å². The molecule has 1 aromatic rings. The standard InChI is InChI=1S/C9H9O3/c1-11-9(10)12-7-8-5-3-2-4-6-8/h2-6H,1,7H2. The Hall–Kier alpha value is -1.51. The van der Waals surface area contributed by atoms with Crippen LogP contribution < -0.4 is 0 Å². The van der Waals surface area contributed by atoms with Crippen molar-refractivity contribution in [2.24, 2.45) is 0 Å². The van der Waals surface area contributed by atoms with Crippen LogP contribution in [0, 0.1) is 7.11 Å². The Kier molecular flexibility index (Phi) is 3.14. The fourth-order valence-electron chi connectivity index (χ4n) is 0.758. The summed E-state index contributed by atoms with van der Waals surface area (Å²) in [7, 11) is 2.92. The number of rotatable bonds is 2. The third-order valence-electron chi connectivity index (χ3n) is 1.32. The van der Waals surface area contributed by atoms with Crippen LogP contribution >= 0.6 is 0 Å². The molecular formula is C9H9O3. The Morgan fingerprint density at radius 2 is 2.00 bits per heavy atom. The highest BCUT2D eigenvalue weighted by Crippen LogP contribution is 2.00. The zero-order valence-electron chi connectivity index (χ0n) is 6.53. The maximum atomic E-state index is 10.5. The summed E-state index contributed by atoms with van der Waals surface area (Å²) >= 11 is 0. The summed E-state index contributed by atoms with van der Waals surface area (Å²) < 4.78 is 8.71. The molecule has 12 heavy (non-hydrogen) atoms. The van der Waals surface area contributed by atoms with Crippen LogP contribution in [0.25, 0.3) is 0 Å². The monoisotopic (exact) mass is 165 g/mol. The number of benzene rings is 1. The van der Waals surface area contributed by atoms with Gasteiger partial charge in [0.1, 0.15) is 13.7 Å². The molecule has 0 saturated heterocycles. The molecule has 0 spiro atoms. The molecule has 0 fully saturated rings. The van der Waals surface area contributed by atoms with Crippen molar-refractivity contribution >= 4 is 6.16 Å². The van der Waals surface area contributed by atoms with Crippen LogP contribution in [0.15, 0.2) is 30.3 Å². The van der Waals surface area contributed by atoms with Crippen molar-refractivity contribution in [3.05, 3.63) is 43.0 Å². The lowest BCUT2D eigenvalue weighted by Crippen LogP contribution is -2.02. The van der Waals surface area contributed by atoms with Gasteiger partial charge in [-0.25, -0.2) is 4.79 Å². The number of hydrogen-bond acceptors (Lipinski definition) is 3. The molecule has 0 heterocycles. The van der Waals surface area contributed by atoms with Gasteiger partial charge in [-0.1, -0.05) is 30.3 Å². The van der Waals surface area contributed by atoms with E-state index in [-0.39, 0.29) is 6.61 Å². The maximum absolute atomic E-state index is 10.5. The van der Waals surface area contributed by atoms with Crippen molar-refractivity contribution < 1.29 is 14.3 Å². The highest BCUT2D eigenvalue weighted by atomic mass is 16.7. The molecule has 1 aromatic carbocycles. The van der Waals surface area contributed by atoms with E-state index in [1.807, 2.05) is 30.3 Å².